The van der Waals surface area contributed by atoms with Crippen molar-refractivity contribution < 1.29 is 26.7 Å². The van der Waals surface area contributed by atoms with Crippen LogP contribution in [0.2, 0.25) is 0 Å². The molecule has 1 aliphatic rings. The van der Waals surface area contributed by atoms with E-state index in [4.69, 9.17) is 4.74 Å². The van der Waals surface area contributed by atoms with Crippen LogP contribution in [0.4, 0.5) is 25.8 Å². The molecule has 0 saturated carbocycles. The Bertz CT molecular complexity index is 1670. The fraction of sp³-hybridized carbons (Fsp3) is 0.226. The van der Waals surface area contributed by atoms with Crippen LogP contribution < -0.4 is 20.1 Å². The maximum absolute atomic E-state index is 13.4. The van der Waals surface area contributed by atoms with Crippen molar-refractivity contribution in [2.24, 2.45) is 0 Å². The van der Waals surface area contributed by atoms with Gasteiger partial charge in [0, 0.05) is 66.6 Å². The molecule has 2 heterocycles. The van der Waals surface area contributed by atoms with Gasteiger partial charge >= 0.3 is 0 Å². The zero-order valence-corrected chi connectivity index (χ0v) is 25.4. The van der Waals surface area contributed by atoms with Crippen molar-refractivity contribution in [1.82, 2.24) is 9.88 Å². The predicted octanol–water partition coefficient (Wildman–Crippen LogP) is 6.27. The van der Waals surface area contributed by atoms with Gasteiger partial charge in [0.25, 0.3) is 5.91 Å². The molecule has 232 valence electrons. The Labute approximate surface area is 261 Å². The number of piperidine rings is 1. The summed E-state index contributed by atoms with van der Waals surface area (Å²) in [6, 6.07) is 21.0. The minimum atomic E-state index is -3.34. The second kappa shape index (κ2) is 14.5. The maximum atomic E-state index is 13.4. The van der Waals surface area contributed by atoms with Crippen LogP contribution in [-0.4, -0.2) is 49.6 Å². The topological polar surface area (TPSA) is 113 Å². The third-order valence-electron chi connectivity index (χ3n) is 6.87. The number of likely N-dealkylation sites (tertiary alicyclic amines) is 1. The van der Waals surface area contributed by atoms with Gasteiger partial charge in [-0.2, -0.15) is 0 Å². The monoisotopic (exact) mass is 643 g/mol. The highest BCUT2D eigenvalue weighted by Crippen LogP contribution is 2.24. The van der Waals surface area contributed by atoms with Gasteiger partial charge in [-0.15, -0.1) is 12.4 Å². The second-order valence-electron chi connectivity index (χ2n) is 10.4. The molecule has 5 rings (SSSR count). The number of nitrogens with zero attached hydrogens (tertiary/aromatic N) is 2. The highest BCUT2D eigenvalue weighted by atomic mass is 35.5. The summed E-state index contributed by atoms with van der Waals surface area (Å²) in [6.45, 7) is 2.60. The third kappa shape index (κ3) is 9.37. The van der Waals surface area contributed by atoms with Crippen LogP contribution in [0.25, 0.3) is 0 Å². The number of anilines is 3. The Morgan fingerprint density at radius 3 is 2.18 bits per heavy atom. The number of rotatable bonds is 10. The molecular weight excluding hydrogens is 612 g/mol. The van der Waals surface area contributed by atoms with Gasteiger partial charge < -0.3 is 15.4 Å². The largest absolute Gasteiger partial charge is 0.439 e. The smallest absolute Gasteiger partial charge is 0.255 e. The number of pyridine rings is 1. The lowest BCUT2D eigenvalue weighted by Gasteiger charge is -2.32. The number of aromatic nitrogens is 1. The maximum Gasteiger partial charge on any atom is 0.255 e. The molecule has 1 aliphatic heterocycles. The molecule has 44 heavy (non-hydrogen) atoms. The Morgan fingerprint density at radius 2 is 1.57 bits per heavy atom. The fourth-order valence-electron chi connectivity index (χ4n) is 4.71. The average Bonchev–Trinajstić information content (AvgIpc) is 2.98. The number of nitrogens with one attached hydrogen (secondary N) is 3. The Kier molecular flexibility index (Phi) is 10.7. The van der Waals surface area contributed by atoms with Crippen molar-refractivity contribution in [3.63, 3.8) is 0 Å². The van der Waals surface area contributed by atoms with E-state index in [1.165, 1.54) is 6.07 Å². The summed E-state index contributed by atoms with van der Waals surface area (Å²) in [5.74, 6) is -1.39. The van der Waals surface area contributed by atoms with E-state index in [1.807, 2.05) is 24.3 Å². The number of halogens is 3. The molecule has 0 radical (unpaired) electrons. The van der Waals surface area contributed by atoms with Crippen LogP contribution in [0, 0.1) is 11.6 Å². The third-order valence-corrected chi connectivity index (χ3v) is 7.47. The number of amides is 1. The van der Waals surface area contributed by atoms with Gasteiger partial charge in [-0.25, -0.2) is 22.2 Å². The highest BCUT2D eigenvalue weighted by Gasteiger charge is 2.19. The van der Waals surface area contributed by atoms with Crippen molar-refractivity contribution in [2.75, 3.05) is 34.7 Å². The first-order chi connectivity index (χ1) is 20.6. The van der Waals surface area contributed by atoms with Crippen LogP contribution in [0.5, 0.6) is 11.6 Å². The van der Waals surface area contributed by atoms with E-state index in [1.54, 1.807) is 42.6 Å². The minimum Gasteiger partial charge on any atom is -0.439 e. The molecule has 3 N–H and O–H groups in total. The quantitative estimate of drug-likeness (QED) is 0.187. The van der Waals surface area contributed by atoms with Crippen LogP contribution in [0.15, 0.2) is 85.1 Å². The fourth-order valence-corrected chi connectivity index (χ4v) is 5.28. The zero-order chi connectivity index (χ0) is 30.4. The first-order valence-corrected chi connectivity index (χ1v) is 15.5. The molecule has 0 atom stereocenters. The molecule has 1 saturated heterocycles. The van der Waals surface area contributed by atoms with E-state index in [9.17, 15) is 22.0 Å². The average molecular weight is 644 g/mol. The van der Waals surface area contributed by atoms with Crippen molar-refractivity contribution in [1.29, 1.82) is 0 Å². The van der Waals surface area contributed by atoms with Gasteiger partial charge in [-0.3, -0.25) is 14.4 Å². The molecule has 1 fully saturated rings. The number of hydrogen-bond acceptors (Lipinski definition) is 7. The molecule has 0 spiro atoms. The van der Waals surface area contributed by atoms with Crippen LogP contribution in [0.1, 0.15) is 28.8 Å². The van der Waals surface area contributed by atoms with Crippen molar-refractivity contribution in [2.45, 2.75) is 25.4 Å². The van der Waals surface area contributed by atoms with Gasteiger partial charge in [-0.05, 0) is 79.1 Å². The van der Waals surface area contributed by atoms with E-state index in [2.05, 4.69) is 25.2 Å². The highest BCUT2D eigenvalue weighted by molar-refractivity contribution is 7.92. The second-order valence-corrected chi connectivity index (χ2v) is 12.1. The number of carbonyl (C=O) groups is 1. The number of hydrogen-bond donors (Lipinski definition) is 3. The predicted molar refractivity (Wildman–Crippen MR) is 169 cm³/mol. The van der Waals surface area contributed by atoms with E-state index < -0.39 is 27.6 Å². The molecule has 13 heteroatoms. The summed E-state index contributed by atoms with van der Waals surface area (Å²) in [5, 5.41) is 6.10. The minimum absolute atomic E-state index is 0. The summed E-state index contributed by atoms with van der Waals surface area (Å²) < 4.78 is 57.4. The molecule has 1 amide bonds. The molecule has 4 aromatic rings. The first kappa shape index (κ1) is 32.6. The van der Waals surface area contributed by atoms with Gasteiger partial charge in [0.2, 0.25) is 15.9 Å². The van der Waals surface area contributed by atoms with E-state index in [0.717, 1.165) is 62.1 Å². The molecule has 0 aliphatic carbocycles. The van der Waals surface area contributed by atoms with Crippen molar-refractivity contribution in [3.05, 3.63) is 108 Å². The van der Waals surface area contributed by atoms with E-state index in [-0.39, 0.29) is 18.1 Å². The van der Waals surface area contributed by atoms with Crippen LogP contribution in [0.3, 0.4) is 0 Å². The van der Waals surface area contributed by atoms with Crippen molar-refractivity contribution >= 4 is 45.4 Å². The summed E-state index contributed by atoms with van der Waals surface area (Å²) >= 11 is 0. The molecule has 0 unspecified atom stereocenters. The van der Waals surface area contributed by atoms with Gasteiger partial charge in [0.05, 0.1) is 6.26 Å². The molecular formula is C31H32ClF2N5O4S. The van der Waals surface area contributed by atoms with Gasteiger partial charge in [-0.1, -0.05) is 6.07 Å². The Balaban J connectivity index is 0.00000442. The van der Waals surface area contributed by atoms with Crippen molar-refractivity contribution in [3.8, 4) is 11.6 Å². The van der Waals surface area contributed by atoms with E-state index in [0.29, 0.717) is 28.9 Å². The normalized spacial score (nSPS) is 13.9. The SMILES string of the molecule is CS(=O)(=O)Nc1ccc(Oc2ccc(CN3CCC(Nc4ccc(C(=O)Nc5ccc(F)c(F)c5)cc4)CC3)cn2)cc1.Cl. The summed E-state index contributed by atoms with van der Waals surface area (Å²) in [5.41, 5.74) is 3.04. The molecule has 0 bridgehead atoms. The Morgan fingerprint density at radius 1 is 0.909 bits per heavy atom. The molecule has 1 aromatic heterocycles. The number of carbonyl (C=O) groups excluding carboxylic acids is 1. The first-order valence-electron chi connectivity index (χ1n) is 13.7. The standard InChI is InChI=1S/C31H31F2N5O4S.ClH/c1-43(40,41)37-25-7-10-27(11-8-25)42-30-13-2-21(19-34-30)20-38-16-14-24(15-17-38)35-23-5-3-22(4-6-23)31(39)36-26-9-12-28(32)29(33)18-26;/h2-13,18-19,24,35,37H,14-17,20H2,1H3,(H,36,39);1H. The molecule has 9 nitrogen and oxygen atoms in total. The number of benzene rings is 3. The van der Waals surface area contributed by atoms with E-state index >= 15 is 0 Å². The molecule has 3 aromatic carbocycles. The van der Waals surface area contributed by atoms with Gasteiger partial charge in [0.15, 0.2) is 11.6 Å². The summed E-state index contributed by atoms with van der Waals surface area (Å²) in [6.07, 6.45) is 4.80. The van der Waals surface area contributed by atoms with Crippen LogP contribution >= 0.6 is 12.4 Å². The lowest BCUT2D eigenvalue weighted by atomic mass is 10.0. The number of ether oxygens (including phenoxy) is 1. The summed E-state index contributed by atoms with van der Waals surface area (Å²) in [4.78, 5) is 19.2. The lowest BCUT2D eigenvalue weighted by molar-refractivity contribution is 0.102. The Hall–Kier alpha value is -4.26. The lowest BCUT2D eigenvalue weighted by Crippen LogP contribution is -2.38. The zero-order valence-electron chi connectivity index (χ0n) is 23.8. The van der Waals surface area contributed by atoms with Gasteiger partial charge in [0.1, 0.15) is 5.75 Å². The summed E-state index contributed by atoms with van der Waals surface area (Å²) in [7, 11) is -3.34. The van der Waals surface area contributed by atoms with Crippen LogP contribution in [-0.2, 0) is 16.6 Å². The number of sulfonamides is 1.